The maximum absolute atomic E-state index is 12.0. The number of hydrazone groups is 2. The average Bonchev–Trinajstić information content (AvgIpc) is 2.49. The molecule has 0 heterocycles. The van der Waals surface area contributed by atoms with Gasteiger partial charge in [0, 0.05) is 0 Å². The number of nitrogens with one attached hydrogen (secondary N) is 2. The summed E-state index contributed by atoms with van der Waals surface area (Å²) in [4.78, 5) is 12.0. The first-order valence-corrected chi connectivity index (χ1v) is 7.44. The van der Waals surface area contributed by atoms with E-state index < -0.39 is 5.97 Å². The molecule has 0 amide bonds. The maximum Gasteiger partial charge on any atom is 0.360 e. The number of carbonyl (C=O) groups is 1. The Bertz CT molecular complexity index is 655. The molecule has 124 valence electrons. The topological polar surface area (TPSA) is 101 Å². The summed E-state index contributed by atoms with van der Waals surface area (Å²) in [5.74, 6) is -0.587. The molecule has 1 aromatic rings. The van der Waals surface area contributed by atoms with Crippen LogP contribution in [0.1, 0.15) is 25.0 Å². The Balaban J connectivity index is 3.08. The molecule has 1 rings (SSSR count). The molecule has 0 aliphatic heterocycles. The van der Waals surface area contributed by atoms with Crippen molar-refractivity contribution in [2.24, 2.45) is 15.9 Å². The van der Waals surface area contributed by atoms with Gasteiger partial charge in [0.25, 0.3) is 0 Å². The highest BCUT2D eigenvalue weighted by molar-refractivity contribution is 7.80. The molecule has 0 bridgehead atoms. The van der Waals surface area contributed by atoms with Gasteiger partial charge in [-0.2, -0.15) is 10.2 Å². The van der Waals surface area contributed by atoms with Crippen molar-refractivity contribution in [3.63, 3.8) is 0 Å². The van der Waals surface area contributed by atoms with E-state index in [0.29, 0.717) is 5.71 Å². The summed E-state index contributed by atoms with van der Waals surface area (Å²) in [6.45, 7) is 7.46. The minimum absolute atomic E-state index is 0.00459. The Labute approximate surface area is 141 Å². The van der Waals surface area contributed by atoms with Gasteiger partial charge in [-0.1, -0.05) is 12.1 Å². The zero-order valence-electron chi connectivity index (χ0n) is 13.6. The lowest BCUT2D eigenvalue weighted by atomic mass is 10.1. The molecule has 7 nitrogen and oxygen atoms in total. The summed E-state index contributed by atoms with van der Waals surface area (Å²) in [7, 11) is 0. The number of carbonyl (C=O) groups excluding carboxylic acids is 1. The first-order chi connectivity index (χ1) is 10.8. The molecule has 0 aromatic heterocycles. The summed E-state index contributed by atoms with van der Waals surface area (Å²) in [6, 6.07) is 5.89. The minimum Gasteiger partial charge on any atom is -0.461 e. The smallest absolute Gasteiger partial charge is 0.360 e. The third kappa shape index (κ3) is 6.03. The molecule has 0 saturated heterocycles. The molecule has 0 spiro atoms. The van der Waals surface area contributed by atoms with Crippen LogP contribution in [-0.2, 0) is 9.53 Å². The van der Waals surface area contributed by atoms with Crippen molar-refractivity contribution in [1.29, 1.82) is 0 Å². The molecule has 23 heavy (non-hydrogen) atoms. The fraction of sp³-hybridized carbons (Fsp3) is 0.333. The van der Waals surface area contributed by atoms with Crippen molar-refractivity contribution in [3.8, 4) is 0 Å². The van der Waals surface area contributed by atoms with Crippen LogP contribution in [0.5, 0.6) is 0 Å². The number of ether oxygens (including phenoxy) is 1. The molecule has 0 aliphatic carbocycles. The number of esters is 1. The largest absolute Gasteiger partial charge is 0.461 e. The fourth-order valence-corrected chi connectivity index (χ4v) is 1.68. The highest BCUT2D eigenvalue weighted by Gasteiger charge is 2.17. The van der Waals surface area contributed by atoms with Crippen molar-refractivity contribution in [1.82, 2.24) is 5.43 Å². The standard InChI is InChI=1S/C15H21N5O2S/c1-5-22-14(21)13(11(4)17-20-15(16)23)19-18-12-8-9(2)6-7-10(12)3/h6-8,18H,5H2,1-4H3,(H3,16,20,23)/b17-11-,19-13-. The molecule has 0 aliphatic rings. The predicted octanol–water partition coefficient (Wildman–Crippen LogP) is 1.84. The Morgan fingerprint density at radius 1 is 1.35 bits per heavy atom. The fourth-order valence-electron chi connectivity index (χ4n) is 1.64. The van der Waals surface area contributed by atoms with Crippen LogP contribution in [0.4, 0.5) is 5.69 Å². The summed E-state index contributed by atoms with van der Waals surface area (Å²) in [5, 5.41) is 8.03. The van der Waals surface area contributed by atoms with Gasteiger partial charge in [0.05, 0.1) is 18.0 Å². The molecular formula is C15H21N5O2S. The molecule has 4 N–H and O–H groups in total. The normalized spacial score (nSPS) is 11.8. The van der Waals surface area contributed by atoms with E-state index in [1.54, 1.807) is 13.8 Å². The van der Waals surface area contributed by atoms with Crippen LogP contribution in [0.15, 0.2) is 28.4 Å². The van der Waals surface area contributed by atoms with Crippen LogP contribution in [0.2, 0.25) is 0 Å². The van der Waals surface area contributed by atoms with Crippen LogP contribution < -0.4 is 16.6 Å². The van der Waals surface area contributed by atoms with E-state index in [2.05, 4.69) is 33.3 Å². The summed E-state index contributed by atoms with van der Waals surface area (Å²) in [6.07, 6.45) is 0. The Morgan fingerprint density at radius 3 is 2.65 bits per heavy atom. The lowest BCUT2D eigenvalue weighted by Crippen LogP contribution is -2.30. The first-order valence-electron chi connectivity index (χ1n) is 7.03. The third-order valence-electron chi connectivity index (χ3n) is 2.83. The molecular weight excluding hydrogens is 314 g/mol. The van der Waals surface area contributed by atoms with Crippen LogP contribution in [0.25, 0.3) is 0 Å². The number of nitrogens with zero attached hydrogens (tertiary/aromatic N) is 2. The quantitative estimate of drug-likeness (QED) is 0.317. The second kappa shape index (κ2) is 8.84. The zero-order chi connectivity index (χ0) is 17.4. The Morgan fingerprint density at radius 2 is 2.04 bits per heavy atom. The highest BCUT2D eigenvalue weighted by Crippen LogP contribution is 2.16. The second-order valence-corrected chi connectivity index (χ2v) is 5.22. The SMILES string of the molecule is CCOC(=O)C(=N\Nc1cc(C)ccc1C)/C(C)=N\NC(N)=S. The van der Waals surface area contributed by atoms with E-state index in [1.165, 1.54) is 0 Å². The lowest BCUT2D eigenvalue weighted by molar-refractivity contribution is -0.134. The van der Waals surface area contributed by atoms with Crippen LogP contribution in [0.3, 0.4) is 0 Å². The van der Waals surface area contributed by atoms with Gasteiger partial charge >= 0.3 is 5.97 Å². The highest BCUT2D eigenvalue weighted by atomic mass is 32.1. The van der Waals surface area contributed by atoms with Gasteiger partial charge in [-0.3, -0.25) is 10.9 Å². The van der Waals surface area contributed by atoms with Gasteiger partial charge in [-0.05, 0) is 57.1 Å². The summed E-state index contributed by atoms with van der Waals surface area (Å²) >= 11 is 4.68. The summed E-state index contributed by atoms with van der Waals surface area (Å²) in [5.41, 5.74) is 13.8. The molecule has 0 radical (unpaired) electrons. The van der Waals surface area contributed by atoms with E-state index >= 15 is 0 Å². The Hall–Kier alpha value is -2.48. The zero-order valence-corrected chi connectivity index (χ0v) is 14.5. The third-order valence-corrected chi connectivity index (χ3v) is 2.92. The molecule has 0 saturated carbocycles. The number of anilines is 1. The molecule has 1 aromatic carbocycles. The average molecular weight is 335 g/mol. The van der Waals surface area contributed by atoms with E-state index in [-0.39, 0.29) is 17.4 Å². The van der Waals surface area contributed by atoms with E-state index in [1.807, 2.05) is 32.0 Å². The van der Waals surface area contributed by atoms with Gasteiger partial charge in [0.1, 0.15) is 0 Å². The monoisotopic (exact) mass is 335 g/mol. The van der Waals surface area contributed by atoms with Gasteiger partial charge in [0.2, 0.25) is 0 Å². The number of thiocarbonyl (C=S) groups is 1. The van der Waals surface area contributed by atoms with Crippen molar-refractivity contribution in [2.45, 2.75) is 27.7 Å². The number of nitrogens with two attached hydrogens (primary N) is 1. The van der Waals surface area contributed by atoms with E-state index in [9.17, 15) is 4.79 Å². The van der Waals surface area contributed by atoms with E-state index in [4.69, 9.17) is 10.5 Å². The Kier molecular flexibility index (Phi) is 7.14. The number of hydrogen-bond acceptors (Lipinski definition) is 6. The van der Waals surface area contributed by atoms with Gasteiger partial charge in [0.15, 0.2) is 10.8 Å². The van der Waals surface area contributed by atoms with Gasteiger partial charge in [-0.25, -0.2) is 4.79 Å². The second-order valence-electron chi connectivity index (χ2n) is 4.78. The van der Waals surface area contributed by atoms with Crippen LogP contribution in [-0.4, -0.2) is 29.1 Å². The van der Waals surface area contributed by atoms with Crippen LogP contribution >= 0.6 is 12.2 Å². The maximum atomic E-state index is 12.0. The van der Waals surface area contributed by atoms with Crippen molar-refractivity contribution < 1.29 is 9.53 Å². The van der Waals surface area contributed by atoms with Crippen LogP contribution in [0, 0.1) is 13.8 Å². The summed E-state index contributed by atoms with van der Waals surface area (Å²) < 4.78 is 4.99. The van der Waals surface area contributed by atoms with E-state index in [0.717, 1.165) is 16.8 Å². The molecule has 0 unspecified atom stereocenters. The first kappa shape index (κ1) is 18.6. The van der Waals surface area contributed by atoms with Crippen molar-refractivity contribution in [2.75, 3.05) is 12.0 Å². The number of benzene rings is 1. The van der Waals surface area contributed by atoms with Gasteiger partial charge in [-0.15, -0.1) is 0 Å². The number of hydrogen-bond donors (Lipinski definition) is 3. The molecule has 8 heteroatoms. The molecule has 0 atom stereocenters. The minimum atomic E-state index is -0.587. The van der Waals surface area contributed by atoms with Crippen molar-refractivity contribution in [3.05, 3.63) is 29.3 Å². The number of aryl methyl sites for hydroxylation is 2. The van der Waals surface area contributed by atoms with Crippen molar-refractivity contribution >= 4 is 40.4 Å². The molecule has 0 fully saturated rings. The van der Waals surface area contributed by atoms with Gasteiger partial charge < -0.3 is 10.5 Å². The number of rotatable bonds is 6. The lowest BCUT2D eigenvalue weighted by Gasteiger charge is -2.09. The predicted molar refractivity (Wildman–Crippen MR) is 96.6 cm³/mol.